The van der Waals surface area contributed by atoms with Crippen molar-refractivity contribution in [3.05, 3.63) is 162 Å². The first-order chi connectivity index (χ1) is 18.6. The molecule has 2 N–H and O–H groups in total. The van der Waals surface area contributed by atoms with Crippen molar-refractivity contribution in [2.75, 3.05) is 0 Å². The third-order valence-corrected chi connectivity index (χ3v) is 6.98. The Morgan fingerprint density at radius 1 is 0.658 bits per heavy atom. The molecule has 6 aromatic rings. The van der Waals surface area contributed by atoms with Gasteiger partial charge in [0.05, 0.1) is 11.1 Å². The topological polar surface area (TPSA) is 60.9 Å². The Labute approximate surface area is 219 Å². The lowest BCUT2D eigenvalue weighted by Crippen LogP contribution is -2.38. The number of primary amides is 1. The first kappa shape index (κ1) is 23.4. The van der Waals surface area contributed by atoms with E-state index >= 15 is 0 Å². The highest BCUT2D eigenvalue weighted by Gasteiger charge is 2.41. The molecule has 1 heterocycles. The van der Waals surface area contributed by atoms with Crippen molar-refractivity contribution in [3.8, 4) is 11.3 Å². The molecule has 0 aliphatic heterocycles. The molecule has 184 valence electrons. The van der Waals surface area contributed by atoms with Gasteiger partial charge in [-0.2, -0.15) is 5.10 Å². The first-order valence-electron chi connectivity index (χ1n) is 12.4. The highest BCUT2D eigenvalue weighted by Crippen LogP contribution is 2.44. The van der Waals surface area contributed by atoms with Gasteiger partial charge < -0.3 is 5.73 Å². The summed E-state index contributed by atoms with van der Waals surface area (Å²) >= 11 is 0. The van der Waals surface area contributed by atoms with Gasteiger partial charge in [0.15, 0.2) is 0 Å². The molecule has 0 saturated carbocycles. The number of aromatic nitrogens is 2. The van der Waals surface area contributed by atoms with Gasteiger partial charge in [0.25, 0.3) is 0 Å². The van der Waals surface area contributed by atoms with Gasteiger partial charge in [-0.05, 0) is 53.1 Å². The highest BCUT2D eigenvalue weighted by atomic mass is 19.1. The predicted molar refractivity (Wildman–Crippen MR) is 148 cm³/mol. The maximum Gasteiger partial charge on any atom is 0.249 e. The van der Waals surface area contributed by atoms with Gasteiger partial charge in [0.2, 0.25) is 5.91 Å². The van der Waals surface area contributed by atoms with Crippen LogP contribution >= 0.6 is 0 Å². The molecule has 0 aliphatic rings. The van der Waals surface area contributed by atoms with Crippen LogP contribution < -0.4 is 5.73 Å². The fourth-order valence-electron chi connectivity index (χ4n) is 5.35. The number of nitrogens with two attached hydrogens (primary N) is 1. The second-order valence-corrected chi connectivity index (χ2v) is 9.14. The van der Waals surface area contributed by atoms with Crippen LogP contribution in [0.4, 0.5) is 4.39 Å². The molecule has 1 aromatic heterocycles. The number of fused-ring (bicyclic) bond motifs is 1. The van der Waals surface area contributed by atoms with Crippen LogP contribution in [-0.4, -0.2) is 15.7 Å². The van der Waals surface area contributed by atoms with Crippen molar-refractivity contribution >= 4 is 16.8 Å². The summed E-state index contributed by atoms with van der Waals surface area (Å²) in [5.41, 5.74) is 10.3. The summed E-state index contributed by atoms with van der Waals surface area (Å²) in [6.07, 6.45) is 0. The zero-order chi connectivity index (χ0) is 26.1. The van der Waals surface area contributed by atoms with Crippen molar-refractivity contribution in [1.29, 1.82) is 0 Å². The number of rotatable bonds is 6. The summed E-state index contributed by atoms with van der Waals surface area (Å²) in [4.78, 5) is 12.6. The van der Waals surface area contributed by atoms with E-state index in [9.17, 15) is 9.18 Å². The SMILES string of the molecule is NC(=O)c1cccc2c1c(-c1ccc(F)cc1)nn2C(c1ccccc1)(c1ccccc1)c1ccccc1. The summed E-state index contributed by atoms with van der Waals surface area (Å²) in [7, 11) is 0. The van der Waals surface area contributed by atoms with Crippen molar-refractivity contribution in [2.24, 2.45) is 5.73 Å². The Kier molecular flexibility index (Phi) is 5.81. The second kappa shape index (κ2) is 9.45. The monoisotopic (exact) mass is 497 g/mol. The third-order valence-electron chi connectivity index (χ3n) is 6.98. The van der Waals surface area contributed by atoms with Crippen LogP contribution in [0.3, 0.4) is 0 Å². The number of halogens is 1. The molecule has 0 aliphatic carbocycles. The Balaban J connectivity index is 1.82. The van der Waals surface area contributed by atoms with Gasteiger partial charge in [-0.3, -0.25) is 4.79 Å². The lowest BCUT2D eigenvalue weighted by Gasteiger charge is -2.37. The Bertz CT molecular complexity index is 1630. The maximum atomic E-state index is 13.9. The van der Waals surface area contributed by atoms with E-state index in [2.05, 4.69) is 36.4 Å². The minimum Gasteiger partial charge on any atom is -0.366 e. The van der Waals surface area contributed by atoms with E-state index < -0.39 is 11.4 Å². The summed E-state index contributed by atoms with van der Waals surface area (Å²) in [5.74, 6) is -0.900. The van der Waals surface area contributed by atoms with Gasteiger partial charge in [0.1, 0.15) is 17.1 Å². The van der Waals surface area contributed by atoms with E-state index in [4.69, 9.17) is 10.8 Å². The fourth-order valence-corrected chi connectivity index (χ4v) is 5.35. The fraction of sp³-hybridized carbons (Fsp3) is 0.0303. The zero-order valence-electron chi connectivity index (χ0n) is 20.5. The third kappa shape index (κ3) is 3.68. The quantitative estimate of drug-likeness (QED) is 0.258. The molecule has 0 fully saturated rings. The van der Waals surface area contributed by atoms with Crippen molar-refractivity contribution < 1.29 is 9.18 Å². The van der Waals surface area contributed by atoms with E-state index in [1.165, 1.54) is 12.1 Å². The van der Waals surface area contributed by atoms with E-state index in [1.807, 2.05) is 71.4 Å². The maximum absolute atomic E-state index is 13.9. The molecule has 1 amide bonds. The van der Waals surface area contributed by atoms with Crippen LogP contribution in [-0.2, 0) is 5.54 Å². The molecule has 0 spiro atoms. The normalized spacial score (nSPS) is 11.5. The molecule has 6 rings (SSSR count). The number of nitrogens with zero attached hydrogens (tertiary/aromatic N) is 2. The lowest BCUT2D eigenvalue weighted by atomic mass is 9.77. The van der Waals surface area contributed by atoms with Crippen molar-refractivity contribution in [3.63, 3.8) is 0 Å². The molecular weight excluding hydrogens is 473 g/mol. The average molecular weight is 498 g/mol. The standard InChI is InChI=1S/C33H24FN3O/c34-27-21-19-23(20-22-27)31-30-28(32(35)38)17-10-18-29(30)37(36-31)33(24-11-4-1-5-12-24,25-13-6-2-7-14-25)26-15-8-3-9-16-26/h1-22H,(H2,35,38). The Hall–Kier alpha value is -5.03. The zero-order valence-corrected chi connectivity index (χ0v) is 20.5. The predicted octanol–water partition coefficient (Wildman–Crippen LogP) is 6.78. The molecule has 4 nitrogen and oxygen atoms in total. The van der Waals surface area contributed by atoms with E-state index in [0.717, 1.165) is 22.2 Å². The van der Waals surface area contributed by atoms with Gasteiger partial charge in [-0.25, -0.2) is 9.07 Å². The smallest absolute Gasteiger partial charge is 0.249 e. The van der Waals surface area contributed by atoms with Crippen molar-refractivity contribution in [2.45, 2.75) is 5.54 Å². The number of amides is 1. The van der Waals surface area contributed by atoms with E-state index in [-0.39, 0.29) is 5.82 Å². The van der Waals surface area contributed by atoms with Gasteiger partial charge in [0, 0.05) is 10.9 Å². The van der Waals surface area contributed by atoms with Crippen LogP contribution in [0.15, 0.2) is 133 Å². The van der Waals surface area contributed by atoms with Crippen LogP contribution in [0.25, 0.3) is 22.2 Å². The van der Waals surface area contributed by atoms with Gasteiger partial charge in [-0.1, -0.05) is 97.1 Å². The Morgan fingerprint density at radius 2 is 1.16 bits per heavy atom. The summed E-state index contributed by atoms with van der Waals surface area (Å²) in [6.45, 7) is 0. The molecule has 5 heteroatoms. The van der Waals surface area contributed by atoms with Crippen molar-refractivity contribution in [1.82, 2.24) is 9.78 Å². The summed E-state index contributed by atoms with van der Waals surface area (Å²) < 4.78 is 15.9. The number of benzene rings is 5. The summed E-state index contributed by atoms with van der Waals surface area (Å²) in [5, 5.41) is 5.84. The van der Waals surface area contributed by atoms with E-state index in [1.54, 1.807) is 18.2 Å². The molecule has 0 saturated heterocycles. The Morgan fingerprint density at radius 3 is 1.63 bits per heavy atom. The number of hydrogen-bond donors (Lipinski definition) is 1. The minimum atomic E-state index is -0.892. The number of carbonyl (C=O) groups excluding carboxylic acids is 1. The second-order valence-electron chi connectivity index (χ2n) is 9.14. The molecule has 38 heavy (non-hydrogen) atoms. The van der Waals surface area contributed by atoms with Gasteiger partial charge in [-0.15, -0.1) is 0 Å². The molecule has 0 bridgehead atoms. The molecule has 5 aromatic carbocycles. The minimum absolute atomic E-state index is 0.347. The lowest BCUT2D eigenvalue weighted by molar-refractivity contribution is 0.100. The average Bonchev–Trinajstić information content (AvgIpc) is 3.36. The number of carbonyl (C=O) groups is 1. The van der Waals surface area contributed by atoms with E-state index in [0.29, 0.717) is 22.2 Å². The molecular formula is C33H24FN3O. The molecule has 0 unspecified atom stereocenters. The van der Waals surface area contributed by atoms with Crippen LogP contribution in [0.5, 0.6) is 0 Å². The molecule has 0 atom stereocenters. The van der Waals surface area contributed by atoms with Crippen LogP contribution in [0, 0.1) is 5.82 Å². The van der Waals surface area contributed by atoms with Crippen LogP contribution in [0.1, 0.15) is 27.0 Å². The van der Waals surface area contributed by atoms with Gasteiger partial charge >= 0.3 is 0 Å². The number of hydrogen-bond acceptors (Lipinski definition) is 2. The highest BCUT2D eigenvalue weighted by molar-refractivity contribution is 6.10. The molecule has 0 radical (unpaired) electrons. The first-order valence-corrected chi connectivity index (χ1v) is 12.4. The summed E-state index contributed by atoms with van der Waals surface area (Å²) in [6, 6.07) is 42.2. The van der Waals surface area contributed by atoms with Crippen LogP contribution in [0.2, 0.25) is 0 Å². The largest absolute Gasteiger partial charge is 0.366 e.